The van der Waals surface area contributed by atoms with E-state index in [1.54, 1.807) is 6.07 Å². The summed E-state index contributed by atoms with van der Waals surface area (Å²) in [6.07, 6.45) is 5.29. The minimum Gasteiger partial charge on any atom is -0.192 e. The second kappa shape index (κ2) is 4.34. The average Bonchev–Trinajstić information content (AvgIpc) is 2.39. The van der Waals surface area contributed by atoms with E-state index in [2.05, 4.69) is 12.0 Å². The quantitative estimate of drug-likeness (QED) is 0.653. The summed E-state index contributed by atoms with van der Waals surface area (Å²) in [6.45, 7) is 0. The van der Waals surface area contributed by atoms with Crippen molar-refractivity contribution in [1.29, 1.82) is 5.26 Å². The highest BCUT2D eigenvalue weighted by Crippen LogP contribution is 2.20. The molecule has 0 spiro atoms. The Labute approximate surface area is 95.0 Å². The maximum atomic E-state index is 8.81. The fourth-order valence-electron chi connectivity index (χ4n) is 1.53. The highest BCUT2D eigenvalue weighted by Gasteiger charge is 1.98. The van der Waals surface area contributed by atoms with Crippen LogP contribution in [0.4, 0.5) is 0 Å². The summed E-state index contributed by atoms with van der Waals surface area (Å²) in [5, 5.41) is 8.81. The molecule has 0 bridgehead atoms. The minimum atomic E-state index is 0.665. The Morgan fingerprint density at radius 2 is 1.62 bits per heavy atom. The second-order valence-corrected chi connectivity index (χ2v) is 3.41. The lowest BCUT2D eigenvalue weighted by molar-refractivity contribution is 1.48. The van der Waals surface area contributed by atoms with E-state index in [1.807, 2.05) is 42.5 Å². The smallest absolute Gasteiger partial charge is 0.0991 e. The van der Waals surface area contributed by atoms with Crippen LogP contribution in [0.15, 0.2) is 48.5 Å². The normalized spacial score (nSPS) is 9.12. The summed E-state index contributed by atoms with van der Waals surface area (Å²) < 4.78 is 0. The maximum Gasteiger partial charge on any atom is 0.0991 e. The third-order valence-electron chi connectivity index (χ3n) is 2.38. The van der Waals surface area contributed by atoms with Gasteiger partial charge in [-0.2, -0.15) is 5.26 Å². The first-order valence-corrected chi connectivity index (χ1v) is 4.91. The Kier molecular flexibility index (Phi) is 2.72. The van der Waals surface area contributed by atoms with E-state index in [1.165, 1.54) is 0 Å². The SMILES string of the molecule is C#Cc1ccc(-c2cccc(C#N)c2)cc1. The van der Waals surface area contributed by atoms with Gasteiger partial charge in [0.15, 0.2) is 0 Å². The van der Waals surface area contributed by atoms with Crippen molar-refractivity contribution >= 4 is 0 Å². The lowest BCUT2D eigenvalue weighted by Gasteiger charge is -2.01. The molecule has 0 unspecified atom stereocenters. The van der Waals surface area contributed by atoms with Crippen molar-refractivity contribution in [2.24, 2.45) is 0 Å². The molecule has 16 heavy (non-hydrogen) atoms. The van der Waals surface area contributed by atoms with Crippen LogP contribution in [-0.4, -0.2) is 0 Å². The zero-order chi connectivity index (χ0) is 11.4. The van der Waals surface area contributed by atoms with E-state index in [0.717, 1.165) is 16.7 Å². The van der Waals surface area contributed by atoms with Crippen molar-refractivity contribution in [2.75, 3.05) is 0 Å². The molecule has 1 nitrogen and oxygen atoms in total. The molecule has 0 aliphatic heterocycles. The molecule has 2 aromatic rings. The predicted octanol–water partition coefficient (Wildman–Crippen LogP) is 3.21. The van der Waals surface area contributed by atoms with Crippen LogP contribution in [0.3, 0.4) is 0 Å². The predicted molar refractivity (Wildman–Crippen MR) is 64.5 cm³/mol. The Balaban J connectivity index is 2.44. The molecule has 2 rings (SSSR count). The zero-order valence-electron chi connectivity index (χ0n) is 8.64. The molecule has 0 aromatic heterocycles. The molecule has 0 heterocycles. The molecule has 0 radical (unpaired) electrons. The zero-order valence-corrected chi connectivity index (χ0v) is 8.64. The number of hydrogen-bond donors (Lipinski definition) is 0. The summed E-state index contributed by atoms with van der Waals surface area (Å²) in [7, 11) is 0. The van der Waals surface area contributed by atoms with Crippen LogP contribution in [0.5, 0.6) is 0 Å². The van der Waals surface area contributed by atoms with Crippen molar-refractivity contribution in [2.45, 2.75) is 0 Å². The Hall–Kier alpha value is -2.51. The number of nitrogens with zero attached hydrogens (tertiary/aromatic N) is 1. The van der Waals surface area contributed by atoms with Crippen molar-refractivity contribution in [3.63, 3.8) is 0 Å². The van der Waals surface area contributed by atoms with Crippen LogP contribution in [-0.2, 0) is 0 Å². The van der Waals surface area contributed by atoms with Gasteiger partial charge in [-0.25, -0.2) is 0 Å². The van der Waals surface area contributed by atoms with Gasteiger partial charge in [0.25, 0.3) is 0 Å². The molecule has 0 amide bonds. The molecule has 0 atom stereocenters. The van der Waals surface area contributed by atoms with Crippen LogP contribution >= 0.6 is 0 Å². The fraction of sp³-hybridized carbons (Fsp3) is 0. The highest BCUT2D eigenvalue weighted by molar-refractivity contribution is 5.65. The fourth-order valence-corrected chi connectivity index (χ4v) is 1.53. The standard InChI is InChI=1S/C15H9N/c1-2-12-6-8-14(9-7-12)15-5-3-4-13(10-15)11-16/h1,3-10H. The van der Waals surface area contributed by atoms with E-state index in [9.17, 15) is 0 Å². The molecule has 1 heteroatoms. The summed E-state index contributed by atoms with van der Waals surface area (Å²) >= 11 is 0. The molecule has 0 fully saturated rings. The number of rotatable bonds is 1. The lowest BCUT2D eigenvalue weighted by Crippen LogP contribution is -1.80. The monoisotopic (exact) mass is 203 g/mol. The first-order valence-electron chi connectivity index (χ1n) is 4.91. The molecule has 74 valence electrons. The topological polar surface area (TPSA) is 23.8 Å². The van der Waals surface area contributed by atoms with Gasteiger partial charge >= 0.3 is 0 Å². The van der Waals surface area contributed by atoms with Crippen molar-refractivity contribution in [1.82, 2.24) is 0 Å². The van der Waals surface area contributed by atoms with E-state index < -0.39 is 0 Å². The van der Waals surface area contributed by atoms with Crippen LogP contribution in [0, 0.1) is 23.7 Å². The third-order valence-corrected chi connectivity index (χ3v) is 2.38. The van der Waals surface area contributed by atoms with Gasteiger partial charge < -0.3 is 0 Å². The lowest BCUT2D eigenvalue weighted by atomic mass is 10.0. The molecular formula is C15H9N. The van der Waals surface area contributed by atoms with Gasteiger partial charge in [0, 0.05) is 5.56 Å². The van der Waals surface area contributed by atoms with Gasteiger partial charge in [0.05, 0.1) is 11.6 Å². The average molecular weight is 203 g/mol. The molecule has 0 saturated heterocycles. The van der Waals surface area contributed by atoms with E-state index in [4.69, 9.17) is 11.7 Å². The number of benzene rings is 2. The largest absolute Gasteiger partial charge is 0.192 e. The number of hydrogen-bond acceptors (Lipinski definition) is 1. The Morgan fingerprint density at radius 1 is 0.875 bits per heavy atom. The summed E-state index contributed by atoms with van der Waals surface area (Å²) in [6, 6.07) is 17.4. The van der Waals surface area contributed by atoms with E-state index >= 15 is 0 Å². The van der Waals surface area contributed by atoms with Gasteiger partial charge in [-0.3, -0.25) is 0 Å². The summed E-state index contributed by atoms with van der Waals surface area (Å²) in [4.78, 5) is 0. The molecule has 0 N–H and O–H groups in total. The highest BCUT2D eigenvalue weighted by atomic mass is 14.2. The third kappa shape index (κ3) is 1.95. The van der Waals surface area contributed by atoms with Gasteiger partial charge in [-0.1, -0.05) is 30.2 Å². The summed E-state index contributed by atoms with van der Waals surface area (Å²) in [5.74, 6) is 2.58. The van der Waals surface area contributed by atoms with Crippen molar-refractivity contribution < 1.29 is 0 Å². The van der Waals surface area contributed by atoms with E-state index in [-0.39, 0.29) is 0 Å². The van der Waals surface area contributed by atoms with Crippen molar-refractivity contribution in [3.05, 3.63) is 59.7 Å². The van der Waals surface area contributed by atoms with Crippen LogP contribution in [0.1, 0.15) is 11.1 Å². The first kappa shape index (κ1) is 10.0. The van der Waals surface area contributed by atoms with Crippen LogP contribution in [0.25, 0.3) is 11.1 Å². The molecule has 0 aliphatic rings. The second-order valence-electron chi connectivity index (χ2n) is 3.41. The Bertz CT molecular complexity index is 580. The molecular weight excluding hydrogens is 194 g/mol. The molecule has 0 saturated carbocycles. The molecule has 0 aliphatic carbocycles. The molecule has 2 aromatic carbocycles. The van der Waals surface area contributed by atoms with Gasteiger partial charge in [-0.15, -0.1) is 6.42 Å². The summed E-state index contributed by atoms with van der Waals surface area (Å²) in [5.41, 5.74) is 3.62. The van der Waals surface area contributed by atoms with Crippen LogP contribution < -0.4 is 0 Å². The number of nitriles is 1. The number of terminal acetylenes is 1. The van der Waals surface area contributed by atoms with Gasteiger partial charge in [-0.05, 0) is 35.4 Å². The van der Waals surface area contributed by atoms with Gasteiger partial charge in [0.1, 0.15) is 0 Å². The van der Waals surface area contributed by atoms with Crippen molar-refractivity contribution in [3.8, 4) is 29.5 Å². The van der Waals surface area contributed by atoms with E-state index in [0.29, 0.717) is 5.56 Å². The minimum absolute atomic E-state index is 0.665. The van der Waals surface area contributed by atoms with Crippen LogP contribution in [0.2, 0.25) is 0 Å². The Morgan fingerprint density at radius 3 is 2.25 bits per heavy atom. The van der Waals surface area contributed by atoms with Gasteiger partial charge in [0.2, 0.25) is 0 Å². The first-order chi connectivity index (χ1) is 7.83. The maximum absolute atomic E-state index is 8.81.